The summed E-state index contributed by atoms with van der Waals surface area (Å²) in [6, 6.07) is -5.52. The number of hydrogen-bond acceptors (Lipinski definition) is 8. The highest BCUT2D eigenvalue weighted by Gasteiger charge is 2.39. The molecule has 9 N–H and O–H groups in total. The first kappa shape index (κ1) is 26.8. The molecule has 0 radical (unpaired) electrons. The van der Waals surface area contributed by atoms with E-state index >= 15 is 0 Å². The minimum atomic E-state index is -1.60. The number of aliphatic hydroxyl groups excluding tert-OH is 1. The lowest BCUT2D eigenvalue weighted by molar-refractivity contribution is -0.149. The zero-order valence-corrected chi connectivity index (χ0v) is 17.5. The molecule has 1 fully saturated rings. The Morgan fingerprint density at radius 3 is 2.22 bits per heavy atom. The number of primary amides is 1. The summed E-state index contributed by atoms with van der Waals surface area (Å²) in [5, 5.41) is 32.4. The number of carbonyl (C=O) groups excluding carboxylic acids is 4. The Labute approximate surface area is 183 Å². The molecule has 1 aliphatic rings. The predicted molar refractivity (Wildman–Crippen MR) is 107 cm³/mol. The van der Waals surface area contributed by atoms with Gasteiger partial charge in [0.15, 0.2) is 0 Å². The van der Waals surface area contributed by atoms with E-state index in [2.05, 4.69) is 10.6 Å². The standard InChI is InChI=1S/C18H29N5O9/c1-8(24)14(22-15(28)9(19)7-13(26)27)16(29)21-10(4-5-12(20)25)17(30)23-6-2-3-11(23)18(31)32/h8-11,14,24H,2-7,19H2,1H3,(H2,20,25)(H,21,29)(H,22,28)(H,26,27)(H,31,32). The maximum Gasteiger partial charge on any atom is 0.326 e. The van der Waals surface area contributed by atoms with E-state index in [1.807, 2.05) is 0 Å². The third-order valence-corrected chi connectivity index (χ3v) is 4.91. The number of carbonyl (C=O) groups is 6. The van der Waals surface area contributed by atoms with Crippen LogP contribution in [0.25, 0.3) is 0 Å². The molecule has 1 heterocycles. The van der Waals surface area contributed by atoms with Gasteiger partial charge in [0.2, 0.25) is 23.6 Å². The summed E-state index contributed by atoms with van der Waals surface area (Å²) in [5.41, 5.74) is 10.6. The van der Waals surface area contributed by atoms with Gasteiger partial charge in [0.05, 0.1) is 18.6 Å². The van der Waals surface area contributed by atoms with Gasteiger partial charge in [-0.2, -0.15) is 0 Å². The fourth-order valence-electron chi connectivity index (χ4n) is 3.24. The lowest BCUT2D eigenvalue weighted by atomic mass is 10.1. The number of nitrogens with two attached hydrogens (primary N) is 2. The van der Waals surface area contributed by atoms with Crippen LogP contribution in [0.5, 0.6) is 0 Å². The van der Waals surface area contributed by atoms with E-state index in [9.17, 15) is 39.0 Å². The number of nitrogens with one attached hydrogen (secondary N) is 2. The van der Waals surface area contributed by atoms with E-state index in [1.165, 1.54) is 6.92 Å². The van der Waals surface area contributed by atoms with Crippen molar-refractivity contribution in [1.82, 2.24) is 15.5 Å². The van der Waals surface area contributed by atoms with Crippen LogP contribution >= 0.6 is 0 Å². The van der Waals surface area contributed by atoms with Crippen LogP contribution in [0.2, 0.25) is 0 Å². The van der Waals surface area contributed by atoms with Crippen LogP contribution in [0.15, 0.2) is 0 Å². The molecular weight excluding hydrogens is 430 g/mol. The van der Waals surface area contributed by atoms with Crippen LogP contribution in [0, 0.1) is 0 Å². The zero-order valence-electron chi connectivity index (χ0n) is 17.5. The van der Waals surface area contributed by atoms with Crippen LogP contribution in [-0.2, 0) is 28.8 Å². The first-order chi connectivity index (χ1) is 14.8. The smallest absolute Gasteiger partial charge is 0.326 e. The second-order valence-corrected chi connectivity index (χ2v) is 7.53. The minimum Gasteiger partial charge on any atom is -0.481 e. The van der Waals surface area contributed by atoms with Crippen molar-refractivity contribution in [3.63, 3.8) is 0 Å². The van der Waals surface area contributed by atoms with Gasteiger partial charge in [-0.05, 0) is 26.2 Å². The van der Waals surface area contributed by atoms with Crippen molar-refractivity contribution in [2.75, 3.05) is 6.54 Å². The Morgan fingerprint density at radius 2 is 1.72 bits per heavy atom. The van der Waals surface area contributed by atoms with Crippen LogP contribution in [0.4, 0.5) is 0 Å². The number of nitrogens with zero attached hydrogens (tertiary/aromatic N) is 1. The second-order valence-electron chi connectivity index (χ2n) is 7.53. The maximum absolute atomic E-state index is 12.9. The molecule has 0 aliphatic carbocycles. The Morgan fingerprint density at radius 1 is 1.09 bits per heavy atom. The molecule has 5 unspecified atom stereocenters. The average Bonchev–Trinajstić information content (AvgIpc) is 3.17. The van der Waals surface area contributed by atoms with Gasteiger partial charge >= 0.3 is 11.9 Å². The summed E-state index contributed by atoms with van der Waals surface area (Å²) >= 11 is 0. The fourth-order valence-corrected chi connectivity index (χ4v) is 3.24. The number of amides is 4. The molecule has 0 bridgehead atoms. The van der Waals surface area contributed by atoms with Gasteiger partial charge in [0, 0.05) is 13.0 Å². The van der Waals surface area contributed by atoms with Gasteiger partial charge in [-0.1, -0.05) is 0 Å². The molecule has 0 aromatic carbocycles. The van der Waals surface area contributed by atoms with Crippen molar-refractivity contribution in [3.05, 3.63) is 0 Å². The first-order valence-electron chi connectivity index (χ1n) is 9.92. The first-order valence-corrected chi connectivity index (χ1v) is 9.92. The summed E-state index contributed by atoms with van der Waals surface area (Å²) in [7, 11) is 0. The third-order valence-electron chi connectivity index (χ3n) is 4.91. The summed E-state index contributed by atoms with van der Waals surface area (Å²) in [6.07, 6.45) is -2.04. The molecule has 5 atom stereocenters. The van der Waals surface area contributed by atoms with Gasteiger partial charge in [-0.25, -0.2) is 4.79 Å². The summed E-state index contributed by atoms with van der Waals surface area (Å²) in [5.74, 6) is -6.08. The normalized spacial score (nSPS) is 19.3. The summed E-state index contributed by atoms with van der Waals surface area (Å²) < 4.78 is 0. The number of rotatable bonds is 12. The van der Waals surface area contributed by atoms with E-state index in [0.29, 0.717) is 6.42 Å². The van der Waals surface area contributed by atoms with E-state index in [4.69, 9.17) is 16.6 Å². The van der Waals surface area contributed by atoms with E-state index < -0.39 is 72.3 Å². The number of likely N-dealkylation sites (tertiary alicyclic amines) is 1. The lowest BCUT2D eigenvalue weighted by Gasteiger charge is -2.29. The van der Waals surface area contributed by atoms with Crippen molar-refractivity contribution in [1.29, 1.82) is 0 Å². The molecule has 0 aromatic rings. The van der Waals surface area contributed by atoms with Gasteiger partial charge in [-0.15, -0.1) is 0 Å². The number of aliphatic carboxylic acids is 2. The monoisotopic (exact) mass is 459 g/mol. The van der Waals surface area contributed by atoms with E-state index in [-0.39, 0.29) is 25.8 Å². The number of carboxylic acid groups (broad SMARTS) is 2. The minimum absolute atomic E-state index is 0.138. The maximum atomic E-state index is 12.9. The zero-order chi connectivity index (χ0) is 24.6. The topological polar surface area (TPSA) is 242 Å². The van der Waals surface area contributed by atoms with Crippen molar-refractivity contribution < 1.29 is 44.1 Å². The molecule has 0 spiro atoms. The molecule has 1 rings (SSSR count). The second kappa shape index (κ2) is 12.0. The fraction of sp³-hybridized carbons (Fsp3) is 0.667. The Bertz CT molecular complexity index is 757. The molecule has 14 heteroatoms. The van der Waals surface area contributed by atoms with E-state index in [0.717, 1.165) is 4.90 Å². The Balaban J connectivity index is 2.99. The number of aliphatic hydroxyl groups is 1. The van der Waals surface area contributed by atoms with Crippen LogP contribution in [-0.4, -0.2) is 92.6 Å². The van der Waals surface area contributed by atoms with Crippen LogP contribution < -0.4 is 22.1 Å². The molecule has 1 saturated heterocycles. The Kier molecular flexibility index (Phi) is 10.00. The summed E-state index contributed by atoms with van der Waals surface area (Å²) in [6.45, 7) is 1.31. The molecule has 1 aliphatic heterocycles. The highest BCUT2D eigenvalue weighted by Crippen LogP contribution is 2.19. The van der Waals surface area contributed by atoms with Crippen molar-refractivity contribution in [2.45, 2.75) is 69.3 Å². The Hall–Kier alpha value is -3.26. The lowest BCUT2D eigenvalue weighted by Crippen LogP contribution is -2.60. The highest BCUT2D eigenvalue weighted by molar-refractivity contribution is 5.95. The SMILES string of the molecule is CC(O)C(NC(=O)C(N)CC(=O)O)C(=O)NC(CCC(N)=O)C(=O)N1CCCC1C(=O)O. The van der Waals surface area contributed by atoms with Crippen molar-refractivity contribution in [3.8, 4) is 0 Å². The largest absolute Gasteiger partial charge is 0.481 e. The number of carboxylic acids is 2. The van der Waals surface area contributed by atoms with Gasteiger partial charge in [0.1, 0.15) is 18.1 Å². The van der Waals surface area contributed by atoms with Gasteiger partial charge in [0.25, 0.3) is 0 Å². The van der Waals surface area contributed by atoms with Crippen molar-refractivity contribution >= 4 is 35.6 Å². The van der Waals surface area contributed by atoms with E-state index in [1.54, 1.807) is 0 Å². The molecule has 32 heavy (non-hydrogen) atoms. The molecule has 0 aromatic heterocycles. The van der Waals surface area contributed by atoms with Gasteiger partial charge < -0.3 is 42.3 Å². The van der Waals surface area contributed by atoms with Crippen LogP contribution in [0.3, 0.4) is 0 Å². The van der Waals surface area contributed by atoms with Crippen molar-refractivity contribution in [2.24, 2.45) is 11.5 Å². The molecule has 180 valence electrons. The molecule has 0 saturated carbocycles. The number of hydrogen-bond donors (Lipinski definition) is 7. The highest BCUT2D eigenvalue weighted by atomic mass is 16.4. The van der Waals surface area contributed by atoms with Gasteiger partial charge in [-0.3, -0.25) is 24.0 Å². The van der Waals surface area contributed by atoms with Crippen LogP contribution in [0.1, 0.15) is 39.0 Å². The molecular formula is C18H29N5O9. The summed E-state index contributed by atoms with van der Waals surface area (Å²) in [4.78, 5) is 72.1. The molecule has 4 amide bonds. The predicted octanol–water partition coefficient (Wildman–Crippen LogP) is -3.52. The average molecular weight is 459 g/mol. The third kappa shape index (κ3) is 7.77. The molecule has 14 nitrogen and oxygen atoms in total. The quantitative estimate of drug-likeness (QED) is 0.152.